The van der Waals surface area contributed by atoms with Crippen LogP contribution in [-0.2, 0) is 17.8 Å². The Kier molecular flexibility index (Phi) is 8.34. The Hall–Kier alpha value is -2.73. The molecule has 29 heavy (non-hydrogen) atoms. The number of halogens is 1. The zero-order valence-corrected chi connectivity index (χ0v) is 17.3. The van der Waals surface area contributed by atoms with Crippen molar-refractivity contribution < 1.29 is 24.5 Å². The Morgan fingerprint density at radius 3 is 2.45 bits per heavy atom. The van der Waals surface area contributed by atoms with E-state index in [2.05, 4.69) is 0 Å². The molecule has 2 rings (SSSR count). The normalized spacial score (nSPS) is 11.9. The van der Waals surface area contributed by atoms with Gasteiger partial charge < -0.3 is 14.9 Å². The van der Waals surface area contributed by atoms with Gasteiger partial charge in [0.2, 0.25) is 0 Å². The van der Waals surface area contributed by atoms with Gasteiger partial charge in [0.05, 0.1) is 0 Å². The highest BCUT2D eigenvalue weighted by Crippen LogP contribution is 2.22. The van der Waals surface area contributed by atoms with Crippen molar-refractivity contribution >= 4 is 23.7 Å². The molecule has 1 unspecified atom stereocenters. The topological polar surface area (TPSA) is 87.1 Å². The fourth-order valence-electron chi connectivity index (χ4n) is 3.07. The maximum Gasteiger partial charge on any atom is 0.408 e. The molecule has 0 fully saturated rings. The molecule has 0 heterocycles. The quantitative estimate of drug-likeness (QED) is 0.569. The van der Waals surface area contributed by atoms with Crippen LogP contribution in [0, 0.1) is 5.92 Å². The van der Waals surface area contributed by atoms with Crippen molar-refractivity contribution in [3.63, 3.8) is 0 Å². The van der Waals surface area contributed by atoms with Crippen molar-refractivity contribution in [2.45, 2.75) is 39.3 Å². The molecule has 2 aromatic carbocycles. The average Bonchev–Trinajstić information content (AvgIpc) is 2.65. The first-order valence-corrected chi connectivity index (χ1v) is 9.83. The molecule has 2 aromatic rings. The maximum absolute atomic E-state index is 11.7. The van der Waals surface area contributed by atoms with Crippen LogP contribution in [0.5, 0.6) is 5.75 Å². The van der Waals surface area contributed by atoms with Crippen LogP contribution in [0.3, 0.4) is 0 Å². The molecule has 7 heteroatoms. The standard InChI is InChI=1S/C22H26ClNO5/c1-15(2)12-19(21(25)26)24(22(27)28)11-10-17-7-3-4-9-20(17)29-14-16-6-5-8-18(23)13-16/h3-9,13,15,19H,10-12,14H2,1-2H3,(H,25,26)(H,27,28). The largest absolute Gasteiger partial charge is 0.489 e. The van der Waals surface area contributed by atoms with E-state index in [4.69, 9.17) is 16.3 Å². The van der Waals surface area contributed by atoms with Crippen molar-refractivity contribution in [1.82, 2.24) is 4.90 Å². The summed E-state index contributed by atoms with van der Waals surface area (Å²) in [6, 6.07) is 13.6. The van der Waals surface area contributed by atoms with E-state index >= 15 is 0 Å². The second kappa shape index (κ2) is 10.7. The van der Waals surface area contributed by atoms with Gasteiger partial charge in [-0.3, -0.25) is 4.90 Å². The number of hydrogen-bond donors (Lipinski definition) is 2. The van der Waals surface area contributed by atoms with Gasteiger partial charge in [-0.25, -0.2) is 9.59 Å². The van der Waals surface area contributed by atoms with Gasteiger partial charge in [0.15, 0.2) is 0 Å². The summed E-state index contributed by atoms with van der Waals surface area (Å²) in [6.45, 7) is 4.13. The maximum atomic E-state index is 11.7. The molecular formula is C22H26ClNO5. The van der Waals surface area contributed by atoms with Crippen LogP contribution in [0.25, 0.3) is 0 Å². The van der Waals surface area contributed by atoms with E-state index in [9.17, 15) is 19.8 Å². The molecule has 1 atom stereocenters. The van der Waals surface area contributed by atoms with Crippen LogP contribution in [0.1, 0.15) is 31.4 Å². The Balaban J connectivity index is 2.10. The molecular weight excluding hydrogens is 394 g/mol. The number of rotatable bonds is 10. The summed E-state index contributed by atoms with van der Waals surface area (Å²) in [5, 5.41) is 19.7. The van der Waals surface area contributed by atoms with Gasteiger partial charge >= 0.3 is 12.1 Å². The third kappa shape index (κ3) is 6.98. The first-order valence-electron chi connectivity index (χ1n) is 9.45. The summed E-state index contributed by atoms with van der Waals surface area (Å²) >= 11 is 6.00. The zero-order valence-electron chi connectivity index (χ0n) is 16.5. The van der Waals surface area contributed by atoms with Crippen molar-refractivity contribution in [3.8, 4) is 5.75 Å². The summed E-state index contributed by atoms with van der Waals surface area (Å²) in [5.74, 6) is -0.439. The molecule has 0 spiro atoms. The molecule has 0 aliphatic heterocycles. The Bertz CT molecular complexity index is 839. The van der Waals surface area contributed by atoms with Gasteiger partial charge in [0.1, 0.15) is 18.4 Å². The molecule has 6 nitrogen and oxygen atoms in total. The predicted octanol–water partition coefficient (Wildman–Crippen LogP) is 4.94. The van der Waals surface area contributed by atoms with Crippen molar-refractivity contribution in [1.29, 1.82) is 0 Å². The molecule has 0 bridgehead atoms. The highest BCUT2D eigenvalue weighted by molar-refractivity contribution is 6.30. The lowest BCUT2D eigenvalue weighted by molar-refractivity contribution is -0.143. The minimum absolute atomic E-state index is 0.0614. The predicted molar refractivity (Wildman–Crippen MR) is 112 cm³/mol. The summed E-state index contributed by atoms with van der Waals surface area (Å²) in [7, 11) is 0. The van der Waals surface area contributed by atoms with Gasteiger partial charge in [-0.05, 0) is 48.1 Å². The number of carbonyl (C=O) groups is 2. The fourth-order valence-corrected chi connectivity index (χ4v) is 3.29. The monoisotopic (exact) mass is 419 g/mol. The molecule has 0 saturated carbocycles. The first kappa shape index (κ1) is 22.6. The fraction of sp³-hybridized carbons (Fsp3) is 0.364. The number of para-hydroxylation sites is 1. The smallest absolute Gasteiger partial charge is 0.408 e. The van der Waals surface area contributed by atoms with Gasteiger partial charge in [0.25, 0.3) is 0 Å². The Morgan fingerprint density at radius 1 is 1.10 bits per heavy atom. The molecule has 1 amide bonds. The third-order valence-corrected chi connectivity index (χ3v) is 4.71. The van der Waals surface area contributed by atoms with E-state index in [0.29, 0.717) is 23.8 Å². The van der Waals surface area contributed by atoms with E-state index in [1.54, 1.807) is 6.07 Å². The highest BCUT2D eigenvalue weighted by Gasteiger charge is 2.30. The van der Waals surface area contributed by atoms with Crippen LogP contribution in [0.2, 0.25) is 5.02 Å². The van der Waals surface area contributed by atoms with Crippen molar-refractivity contribution in [2.24, 2.45) is 5.92 Å². The number of benzene rings is 2. The number of hydrogen-bond acceptors (Lipinski definition) is 3. The molecule has 2 N–H and O–H groups in total. The van der Waals surface area contributed by atoms with Crippen LogP contribution in [-0.4, -0.2) is 39.8 Å². The molecule has 0 aliphatic carbocycles. The van der Waals surface area contributed by atoms with Gasteiger partial charge in [-0.2, -0.15) is 0 Å². The zero-order chi connectivity index (χ0) is 21.4. The number of ether oxygens (including phenoxy) is 1. The minimum Gasteiger partial charge on any atom is -0.489 e. The molecule has 0 aliphatic rings. The van der Waals surface area contributed by atoms with Crippen molar-refractivity contribution in [2.75, 3.05) is 6.54 Å². The lowest BCUT2D eigenvalue weighted by atomic mass is 10.0. The van der Waals surface area contributed by atoms with Gasteiger partial charge in [0, 0.05) is 11.6 Å². The Labute approximate surface area is 175 Å². The van der Waals surface area contributed by atoms with Gasteiger partial charge in [-0.15, -0.1) is 0 Å². The summed E-state index contributed by atoms with van der Waals surface area (Å²) < 4.78 is 5.90. The number of carboxylic acid groups (broad SMARTS) is 2. The van der Waals surface area contributed by atoms with E-state index in [1.165, 1.54) is 0 Å². The van der Waals surface area contributed by atoms with E-state index in [1.807, 2.05) is 56.3 Å². The van der Waals surface area contributed by atoms with Crippen LogP contribution in [0.4, 0.5) is 4.79 Å². The first-order chi connectivity index (χ1) is 13.8. The Morgan fingerprint density at radius 2 is 1.83 bits per heavy atom. The van der Waals surface area contributed by atoms with Crippen LogP contribution in [0.15, 0.2) is 48.5 Å². The second-order valence-electron chi connectivity index (χ2n) is 7.24. The summed E-state index contributed by atoms with van der Waals surface area (Å²) in [6.07, 6.45) is -0.635. The molecule has 0 radical (unpaired) electrons. The van der Waals surface area contributed by atoms with Crippen molar-refractivity contribution in [3.05, 3.63) is 64.7 Å². The van der Waals surface area contributed by atoms with E-state index in [-0.39, 0.29) is 18.9 Å². The number of nitrogens with zero attached hydrogens (tertiary/aromatic N) is 1. The third-order valence-electron chi connectivity index (χ3n) is 4.48. The number of carboxylic acids is 1. The number of amides is 1. The highest BCUT2D eigenvalue weighted by atomic mass is 35.5. The van der Waals surface area contributed by atoms with Crippen LogP contribution >= 0.6 is 11.6 Å². The second-order valence-corrected chi connectivity index (χ2v) is 7.67. The lowest BCUT2D eigenvalue weighted by Gasteiger charge is -2.27. The minimum atomic E-state index is -1.24. The van der Waals surface area contributed by atoms with E-state index < -0.39 is 18.1 Å². The molecule has 156 valence electrons. The van der Waals surface area contributed by atoms with Crippen LogP contribution < -0.4 is 4.74 Å². The van der Waals surface area contributed by atoms with E-state index in [0.717, 1.165) is 16.0 Å². The summed E-state index contributed by atoms with van der Waals surface area (Å²) in [5.41, 5.74) is 1.73. The summed E-state index contributed by atoms with van der Waals surface area (Å²) in [4.78, 5) is 24.3. The SMILES string of the molecule is CC(C)CC(C(=O)O)N(CCc1ccccc1OCc1cccc(Cl)c1)C(=O)O. The van der Waals surface area contributed by atoms with Gasteiger partial charge in [-0.1, -0.05) is 55.8 Å². The molecule has 0 aromatic heterocycles. The average molecular weight is 420 g/mol. The lowest BCUT2D eigenvalue weighted by Crippen LogP contribution is -2.46. The molecule has 0 saturated heterocycles. The number of aliphatic carboxylic acids is 1.